The molecule has 26 heavy (non-hydrogen) atoms. The number of nitrogens with zero attached hydrogens (tertiary/aromatic N) is 2. The van der Waals surface area contributed by atoms with Crippen LogP contribution < -0.4 is 15.1 Å². The first-order valence-corrected chi connectivity index (χ1v) is 9.10. The minimum Gasteiger partial charge on any atom is -0.442 e. The number of fused-ring (bicyclic) bond motifs is 1. The molecule has 0 unspecified atom stereocenters. The van der Waals surface area contributed by atoms with E-state index in [0.717, 1.165) is 16.9 Å². The average molecular weight is 359 g/mol. The summed E-state index contributed by atoms with van der Waals surface area (Å²) in [6.45, 7) is 6.48. The first-order valence-electron chi connectivity index (χ1n) is 9.10. The number of amides is 3. The van der Waals surface area contributed by atoms with Gasteiger partial charge in [-0.3, -0.25) is 14.5 Å². The summed E-state index contributed by atoms with van der Waals surface area (Å²) in [7, 11) is 0. The molecule has 2 aliphatic heterocycles. The second-order valence-electron chi connectivity index (χ2n) is 6.94. The summed E-state index contributed by atoms with van der Waals surface area (Å²) in [6, 6.07) is 5.81. The van der Waals surface area contributed by atoms with Crippen molar-refractivity contribution < 1.29 is 19.1 Å². The second kappa shape index (κ2) is 7.35. The van der Waals surface area contributed by atoms with Crippen molar-refractivity contribution >= 4 is 29.3 Å². The van der Waals surface area contributed by atoms with Crippen LogP contribution in [0.25, 0.3) is 0 Å². The molecule has 0 radical (unpaired) electrons. The molecular formula is C19H25N3O4. The third-order valence-corrected chi connectivity index (χ3v) is 4.75. The van der Waals surface area contributed by atoms with Gasteiger partial charge in [0.15, 0.2) is 0 Å². The van der Waals surface area contributed by atoms with Gasteiger partial charge in [-0.15, -0.1) is 0 Å². The number of cyclic esters (lactones) is 1. The number of hydrogen-bond acceptors (Lipinski definition) is 4. The number of hydrogen-bond donors (Lipinski definition) is 1. The molecule has 3 amide bonds. The van der Waals surface area contributed by atoms with Gasteiger partial charge in [-0.2, -0.15) is 0 Å². The summed E-state index contributed by atoms with van der Waals surface area (Å²) in [5.41, 5.74) is 2.74. The van der Waals surface area contributed by atoms with Gasteiger partial charge >= 0.3 is 6.09 Å². The van der Waals surface area contributed by atoms with Crippen LogP contribution in [0.4, 0.5) is 16.2 Å². The van der Waals surface area contributed by atoms with Crippen LogP contribution in [-0.4, -0.2) is 43.1 Å². The van der Waals surface area contributed by atoms with Crippen molar-refractivity contribution in [2.24, 2.45) is 0 Å². The van der Waals surface area contributed by atoms with E-state index in [1.165, 1.54) is 0 Å². The van der Waals surface area contributed by atoms with Gasteiger partial charge in [-0.05, 0) is 44.0 Å². The molecule has 0 spiro atoms. The fourth-order valence-corrected chi connectivity index (χ4v) is 3.43. The summed E-state index contributed by atoms with van der Waals surface area (Å²) in [4.78, 5) is 39.2. The van der Waals surface area contributed by atoms with Crippen LogP contribution in [0.2, 0.25) is 0 Å². The Morgan fingerprint density at radius 2 is 2.08 bits per heavy atom. The number of ether oxygens (including phenoxy) is 1. The molecule has 0 bridgehead atoms. The Balaban J connectivity index is 1.75. The second-order valence-corrected chi connectivity index (χ2v) is 6.94. The maximum absolute atomic E-state index is 12.2. The monoisotopic (exact) mass is 359 g/mol. The highest BCUT2D eigenvalue weighted by Gasteiger charge is 2.34. The van der Waals surface area contributed by atoms with E-state index >= 15 is 0 Å². The van der Waals surface area contributed by atoms with Crippen molar-refractivity contribution in [2.45, 2.75) is 52.2 Å². The van der Waals surface area contributed by atoms with Crippen molar-refractivity contribution in [3.05, 3.63) is 23.8 Å². The van der Waals surface area contributed by atoms with E-state index in [1.807, 2.05) is 36.9 Å². The molecule has 0 aliphatic carbocycles. The zero-order chi connectivity index (χ0) is 18.8. The van der Waals surface area contributed by atoms with Crippen LogP contribution in [0, 0.1) is 0 Å². The van der Waals surface area contributed by atoms with E-state index in [1.54, 1.807) is 11.8 Å². The lowest BCUT2D eigenvalue weighted by Crippen LogP contribution is -2.40. The maximum Gasteiger partial charge on any atom is 0.414 e. The highest BCUT2D eigenvalue weighted by molar-refractivity contribution is 5.98. The maximum atomic E-state index is 12.2. The van der Waals surface area contributed by atoms with E-state index in [2.05, 4.69) is 5.32 Å². The molecule has 1 N–H and O–H groups in total. The van der Waals surface area contributed by atoms with Crippen molar-refractivity contribution in [1.82, 2.24) is 5.32 Å². The Hall–Kier alpha value is -2.57. The highest BCUT2D eigenvalue weighted by Crippen LogP contribution is 2.34. The third-order valence-electron chi connectivity index (χ3n) is 4.75. The fourth-order valence-electron chi connectivity index (χ4n) is 3.43. The van der Waals surface area contributed by atoms with Gasteiger partial charge < -0.3 is 15.0 Å². The Morgan fingerprint density at radius 3 is 2.77 bits per heavy atom. The van der Waals surface area contributed by atoms with Crippen LogP contribution in [0.5, 0.6) is 0 Å². The van der Waals surface area contributed by atoms with E-state index in [4.69, 9.17) is 4.74 Å². The largest absolute Gasteiger partial charge is 0.442 e. The van der Waals surface area contributed by atoms with Gasteiger partial charge in [0.2, 0.25) is 11.8 Å². The Bertz CT molecular complexity index is 731. The topological polar surface area (TPSA) is 79.0 Å². The van der Waals surface area contributed by atoms with E-state index in [9.17, 15) is 14.4 Å². The lowest BCUT2D eigenvalue weighted by atomic mass is 9.99. The molecular weight excluding hydrogens is 334 g/mol. The summed E-state index contributed by atoms with van der Waals surface area (Å²) in [6.07, 6.45) is 0.783. The lowest BCUT2D eigenvalue weighted by Gasteiger charge is -2.33. The van der Waals surface area contributed by atoms with Crippen LogP contribution in [0.1, 0.15) is 39.2 Å². The molecule has 7 heteroatoms. The number of carbonyl (C=O) groups is 3. The van der Waals surface area contributed by atoms with Crippen molar-refractivity contribution in [3.8, 4) is 0 Å². The standard InChI is InChI=1S/C19H25N3O4/c1-4-17(23)20-10-15-11-21(19(25)26-15)14-6-7-16-13(9-14)5-8-18(24)22(16)12(2)3/h6-7,9,12,15H,4-5,8,10-11H2,1-3H3,(H,20,23)/t15-/m0/s1. The molecule has 2 aliphatic rings. The Labute approximate surface area is 153 Å². The number of aryl methyl sites for hydroxylation is 1. The molecule has 7 nitrogen and oxygen atoms in total. The predicted molar refractivity (Wildman–Crippen MR) is 98.3 cm³/mol. The van der Waals surface area contributed by atoms with Gasteiger partial charge in [-0.1, -0.05) is 6.92 Å². The van der Waals surface area contributed by atoms with E-state index < -0.39 is 6.09 Å². The van der Waals surface area contributed by atoms with Gasteiger partial charge in [0.05, 0.1) is 13.1 Å². The first kappa shape index (κ1) is 18.2. The lowest BCUT2D eigenvalue weighted by molar-refractivity contribution is -0.121. The molecule has 1 fully saturated rings. The zero-order valence-corrected chi connectivity index (χ0v) is 15.4. The van der Waals surface area contributed by atoms with Gasteiger partial charge in [-0.25, -0.2) is 4.79 Å². The molecule has 1 atom stereocenters. The van der Waals surface area contributed by atoms with Gasteiger partial charge in [0.25, 0.3) is 0 Å². The van der Waals surface area contributed by atoms with Crippen molar-refractivity contribution in [3.63, 3.8) is 0 Å². The molecule has 140 valence electrons. The van der Waals surface area contributed by atoms with Gasteiger partial charge in [0, 0.05) is 30.3 Å². The predicted octanol–water partition coefficient (Wildman–Crippen LogP) is 2.23. The minimum absolute atomic E-state index is 0.0632. The average Bonchev–Trinajstić information content (AvgIpc) is 2.99. The normalized spacial score (nSPS) is 19.6. The molecule has 3 rings (SSSR count). The van der Waals surface area contributed by atoms with Gasteiger partial charge in [0.1, 0.15) is 6.10 Å². The van der Waals surface area contributed by atoms with Crippen LogP contribution in [0.15, 0.2) is 18.2 Å². The minimum atomic E-state index is -0.409. The molecule has 1 aromatic carbocycles. The third kappa shape index (κ3) is 3.52. The van der Waals surface area contributed by atoms with E-state index in [0.29, 0.717) is 32.4 Å². The first-order chi connectivity index (χ1) is 12.4. The zero-order valence-electron chi connectivity index (χ0n) is 15.4. The number of benzene rings is 1. The summed E-state index contributed by atoms with van der Waals surface area (Å²) < 4.78 is 5.35. The smallest absolute Gasteiger partial charge is 0.414 e. The summed E-state index contributed by atoms with van der Waals surface area (Å²) >= 11 is 0. The fraction of sp³-hybridized carbons (Fsp3) is 0.526. The highest BCUT2D eigenvalue weighted by atomic mass is 16.6. The number of nitrogens with one attached hydrogen (secondary N) is 1. The van der Waals surface area contributed by atoms with Crippen molar-refractivity contribution in [2.75, 3.05) is 22.9 Å². The number of anilines is 2. The number of carbonyl (C=O) groups excluding carboxylic acids is 3. The molecule has 0 saturated carbocycles. The molecule has 1 aromatic rings. The van der Waals surface area contributed by atoms with Crippen LogP contribution in [0.3, 0.4) is 0 Å². The molecule has 2 heterocycles. The SMILES string of the molecule is CCC(=O)NC[C@H]1CN(c2ccc3c(c2)CCC(=O)N3C(C)C)C(=O)O1. The van der Waals surface area contributed by atoms with E-state index in [-0.39, 0.29) is 24.0 Å². The summed E-state index contributed by atoms with van der Waals surface area (Å²) in [5, 5.41) is 2.75. The van der Waals surface area contributed by atoms with Crippen LogP contribution in [-0.2, 0) is 20.7 Å². The summed E-state index contributed by atoms with van der Waals surface area (Å²) in [5.74, 6) is 0.0688. The molecule has 1 saturated heterocycles. The van der Waals surface area contributed by atoms with Crippen molar-refractivity contribution in [1.29, 1.82) is 0 Å². The quantitative estimate of drug-likeness (QED) is 0.874. The van der Waals surface area contributed by atoms with Crippen LogP contribution >= 0.6 is 0 Å². The Kier molecular flexibility index (Phi) is 5.15. The molecule has 0 aromatic heterocycles. The Morgan fingerprint density at radius 1 is 1.31 bits per heavy atom. The number of rotatable bonds is 5.